The third kappa shape index (κ3) is 3.15. The van der Waals surface area contributed by atoms with E-state index in [1.54, 1.807) is 0 Å². The summed E-state index contributed by atoms with van der Waals surface area (Å²) in [6, 6.07) is 8.54. The summed E-state index contributed by atoms with van der Waals surface area (Å²) in [5, 5.41) is 11.0. The monoisotopic (exact) mass is 289 g/mol. The van der Waals surface area contributed by atoms with Crippen LogP contribution < -0.4 is 0 Å². The van der Waals surface area contributed by atoms with Gasteiger partial charge in [0.05, 0.1) is 19.3 Å². The number of aryl methyl sites for hydroxylation is 1. The fraction of sp³-hybridized carbons (Fsp3) is 0.667. The number of rotatable bonds is 4. The van der Waals surface area contributed by atoms with E-state index in [0.717, 1.165) is 45.6 Å². The highest BCUT2D eigenvalue weighted by atomic mass is 16.5. The Labute approximate surface area is 127 Å². The van der Waals surface area contributed by atoms with Crippen molar-refractivity contribution in [2.24, 2.45) is 0 Å². The van der Waals surface area contributed by atoms with Gasteiger partial charge in [0.25, 0.3) is 0 Å². The van der Waals surface area contributed by atoms with Crippen LogP contribution in [0.5, 0.6) is 0 Å². The number of aliphatic hydroxyl groups is 1. The van der Waals surface area contributed by atoms with Crippen LogP contribution in [0.4, 0.5) is 0 Å². The summed E-state index contributed by atoms with van der Waals surface area (Å²) in [6.07, 6.45) is 5.21. The number of hydrogen-bond donors (Lipinski definition) is 1. The molecule has 1 aromatic rings. The predicted molar refractivity (Wildman–Crippen MR) is 84.5 cm³/mol. The fourth-order valence-electron chi connectivity index (χ4n) is 4.11. The minimum atomic E-state index is -0.278. The standard InChI is InChI=1S/C18H27NO2/c1-15-5-4-6-16(13-15)14-17(20)18(7-2-3-8-18)19-9-11-21-12-10-19/h4-6,13,17,20H,2-3,7-12,14H2,1H3. The summed E-state index contributed by atoms with van der Waals surface area (Å²) in [5.41, 5.74) is 2.50. The average molecular weight is 289 g/mol. The molecule has 0 bridgehead atoms. The summed E-state index contributed by atoms with van der Waals surface area (Å²) >= 11 is 0. The summed E-state index contributed by atoms with van der Waals surface area (Å²) in [4.78, 5) is 2.50. The maximum absolute atomic E-state index is 11.0. The number of ether oxygens (including phenoxy) is 1. The first-order chi connectivity index (χ1) is 10.2. The first kappa shape index (κ1) is 15.0. The van der Waals surface area contributed by atoms with E-state index in [0.29, 0.717) is 0 Å². The molecule has 1 aliphatic carbocycles. The number of morpholine rings is 1. The Morgan fingerprint density at radius 1 is 1.24 bits per heavy atom. The third-order valence-corrected chi connectivity index (χ3v) is 5.24. The van der Waals surface area contributed by atoms with Gasteiger partial charge in [-0.1, -0.05) is 42.7 Å². The number of nitrogens with zero attached hydrogens (tertiary/aromatic N) is 1. The first-order valence-corrected chi connectivity index (χ1v) is 8.27. The highest BCUT2D eigenvalue weighted by Gasteiger charge is 2.45. The van der Waals surface area contributed by atoms with E-state index >= 15 is 0 Å². The Hall–Kier alpha value is -0.900. The molecule has 3 rings (SSSR count). The Balaban J connectivity index is 1.76. The SMILES string of the molecule is Cc1cccc(CC(O)C2(N3CCOCC3)CCCC2)c1. The molecule has 1 N–H and O–H groups in total. The topological polar surface area (TPSA) is 32.7 Å². The summed E-state index contributed by atoms with van der Waals surface area (Å²) in [5.74, 6) is 0. The lowest BCUT2D eigenvalue weighted by Crippen LogP contribution is -2.59. The lowest BCUT2D eigenvalue weighted by molar-refractivity contribution is -0.0753. The number of aliphatic hydroxyl groups excluding tert-OH is 1. The Morgan fingerprint density at radius 3 is 2.62 bits per heavy atom. The van der Waals surface area contributed by atoms with Crippen LogP contribution >= 0.6 is 0 Å². The van der Waals surface area contributed by atoms with Gasteiger partial charge in [-0.15, -0.1) is 0 Å². The second kappa shape index (κ2) is 6.47. The van der Waals surface area contributed by atoms with Crippen molar-refractivity contribution in [3.63, 3.8) is 0 Å². The average Bonchev–Trinajstić information content (AvgIpc) is 2.99. The minimum absolute atomic E-state index is 0.0203. The van der Waals surface area contributed by atoms with E-state index in [2.05, 4.69) is 36.1 Å². The Bertz CT molecular complexity index is 462. The molecule has 0 amide bonds. The Morgan fingerprint density at radius 2 is 1.95 bits per heavy atom. The molecule has 1 saturated carbocycles. The molecule has 2 fully saturated rings. The van der Waals surface area contributed by atoms with Crippen LogP contribution in [0.15, 0.2) is 24.3 Å². The molecule has 0 spiro atoms. The van der Waals surface area contributed by atoms with Crippen molar-refractivity contribution < 1.29 is 9.84 Å². The molecule has 1 atom stereocenters. The Kier molecular flexibility index (Phi) is 4.63. The lowest BCUT2D eigenvalue weighted by Gasteiger charge is -2.46. The predicted octanol–water partition coefficient (Wildman–Crippen LogP) is 2.54. The molecule has 3 nitrogen and oxygen atoms in total. The van der Waals surface area contributed by atoms with E-state index in [1.807, 2.05) is 0 Å². The highest BCUT2D eigenvalue weighted by molar-refractivity contribution is 5.23. The summed E-state index contributed by atoms with van der Waals surface area (Å²) < 4.78 is 5.49. The third-order valence-electron chi connectivity index (χ3n) is 5.24. The van der Waals surface area contributed by atoms with Gasteiger partial charge in [-0.3, -0.25) is 4.90 Å². The quantitative estimate of drug-likeness (QED) is 0.924. The van der Waals surface area contributed by atoms with E-state index in [9.17, 15) is 5.11 Å². The van der Waals surface area contributed by atoms with Crippen LogP contribution in [-0.4, -0.2) is 48.0 Å². The van der Waals surface area contributed by atoms with Crippen LogP contribution in [0.25, 0.3) is 0 Å². The van der Waals surface area contributed by atoms with Gasteiger partial charge in [-0.25, -0.2) is 0 Å². The van der Waals surface area contributed by atoms with Crippen molar-refractivity contribution in [2.75, 3.05) is 26.3 Å². The second-order valence-corrected chi connectivity index (χ2v) is 6.62. The van der Waals surface area contributed by atoms with Crippen molar-refractivity contribution >= 4 is 0 Å². The van der Waals surface area contributed by atoms with Crippen molar-refractivity contribution in [1.82, 2.24) is 4.90 Å². The molecular weight excluding hydrogens is 262 g/mol. The molecule has 1 aliphatic heterocycles. The van der Waals surface area contributed by atoms with Crippen LogP contribution in [0, 0.1) is 6.92 Å². The highest BCUT2D eigenvalue weighted by Crippen LogP contribution is 2.39. The summed E-state index contributed by atoms with van der Waals surface area (Å²) in [7, 11) is 0. The second-order valence-electron chi connectivity index (χ2n) is 6.62. The zero-order chi connectivity index (χ0) is 14.7. The molecule has 0 radical (unpaired) electrons. The molecule has 1 unspecified atom stereocenters. The van der Waals surface area contributed by atoms with Gasteiger partial charge in [-0.2, -0.15) is 0 Å². The normalized spacial score (nSPS) is 24.1. The van der Waals surface area contributed by atoms with E-state index in [4.69, 9.17) is 4.74 Å². The van der Waals surface area contributed by atoms with Gasteiger partial charge >= 0.3 is 0 Å². The lowest BCUT2D eigenvalue weighted by atomic mass is 9.84. The molecule has 2 aliphatic rings. The van der Waals surface area contributed by atoms with Crippen molar-refractivity contribution in [2.45, 2.75) is 50.7 Å². The van der Waals surface area contributed by atoms with Crippen LogP contribution in [0.3, 0.4) is 0 Å². The van der Waals surface area contributed by atoms with E-state index in [-0.39, 0.29) is 11.6 Å². The van der Waals surface area contributed by atoms with Crippen LogP contribution in [0.2, 0.25) is 0 Å². The zero-order valence-electron chi connectivity index (χ0n) is 13.1. The molecule has 1 saturated heterocycles. The van der Waals surface area contributed by atoms with Gasteiger partial charge in [0.15, 0.2) is 0 Å². The number of hydrogen-bond acceptors (Lipinski definition) is 3. The van der Waals surface area contributed by atoms with Gasteiger partial charge in [0.1, 0.15) is 0 Å². The minimum Gasteiger partial charge on any atom is -0.391 e. The van der Waals surface area contributed by atoms with Crippen LogP contribution in [-0.2, 0) is 11.2 Å². The first-order valence-electron chi connectivity index (χ1n) is 8.27. The number of benzene rings is 1. The van der Waals surface area contributed by atoms with E-state index < -0.39 is 0 Å². The zero-order valence-corrected chi connectivity index (χ0v) is 13.1. The fourth-order valence-corrected chi connectivity index (χ4v) is 4.11. The molecule has 0 aromatic heterocycles. The van der Waals surface area contributed by atoms with Gasteiger partial charge < -0.3 is 9.84 Å². The van der Waals surface area contributed by atoms with Gasteiger partial charge in [0.2, 0.25) is 0 Å². The van der Waals surface area contributed by atoms with Crippen molar-refractivity contribution in [3.05, 3.63) is 35.4 Å². The van der Waals surface area contributed by atoms with E-state index in [1.165, 1.54) is 24.0 Å². The van der Waals surface area contributed by atoms with Crippen molar-refractivity contribution in [3.8, 4) is 0 Å². The molecule has 1 aromatic carbocycles. The van der Waals surface area contributed by atoms with Crippen molar-refractivity contribution in [1.29, 1.82) is 0 Å². The summed E-state index contributed by atoms with van der Waals surface area (Å²) in [6.45, 7) is 5.65. The van der Waals surface area contributed by atoms with Gasteiger partial charge in [0, 0.05) is 25.0 Å². The molecule has 116 valence electrons. The van der Waals surface area contributed by atoms with Crippen LogP contribution in [0.1, 0.15) is 36.8 Å². The molecule has 21 heavy (non-hydrogen) atoms. The smallest absolute Gasteiger partial charge is 0.0764 e. The maximum atomic E-state index is 11.0. The molecule has 1 heterocycles. The maximum Gasteiger partial charge on any atom is 0.0764 e. The largest absolute Gasteiger partial charge is 0.391 e. The molecule has 3 heteroatoms. The van der Waals surface area contributed by atoms with Gasteiger partial charge in [-0.05, 0) is 25.3 Å². The molecular formula is C18H27NO2.